The van der Waals surface area contributed by atoms with Gasteiger partial charge in [0.25, 0.3) is 5.91 Å². The second-order valence-electron chi connectivity index (χ2n) is 5.04. The molecule has 0 bridgehead atoms. The minimum Gasteiger partial charge on any atom is -0.337 e. The molecule has 0 N–H and O–H groups in total. The van der Waals surface area contributed by atoms with E-state index >= 15 is 0 Å². The highest BCUT2D eigenvalue weighted by atomic mass is 19.1. The zero-order valence-corrected chi connectivity index (χ0v) is 11.1. The average Bonchev–Trinajstić information content (AvgIpc) is 3.01. The number of likely N-dealkylation sites (tertiary alicyclic amines) is 1. The van der Waals surface area contributed by atoms with Gasteiger partial charge in [0.2, 0.25) is 0 Å². The summed E-state index contributed by atoms with van der Waals surface area (Å²) < 4.78 is 15.1. The lowest BCUT2D eigenvalue weighted by molar-refractivity contribution is 0.0672. The smallest absolute Gasteiger partial charge is 0.254 e. The fourth-order valence-electron chi connectivity index (χ4n) is 2.66. The van der Waals surface area contributed by atoms with Gasteiger partial charge in [-0.05, 0) is 37.1 Å². The molecule has 2 heterocycles. The SMILES string of the molecule is O=C(c1cccc(F)c1)N1CCCC(n2cccn2)C1. The zero-order chi connectivity index (χ0) is 13.9. The first-order valence-corrected chi connectivity index (χ1v) is 6.78. The Labute approximate surface area is 116 Å². The minimum absolute atomic E-state index is 0.110. The first-order chi connectivity index (χ1) is 9.74. The molecule has 1 aliphatic heterocycles. The minimum atomic E-state index is -0.378. The Bertz CT molecular complexity index is 597. The van der Waals surface area contributed by atoms with E-state index < -0.39 is 0 Å². The molecule has 20 heavy (non-hydrogen) atoms. The molecule has 2 aromatic rings. The average molecular weight is 273 g/mol. The second-order valence-corrected chi connectivity index (χ2v) is 5.04. The lowest BCUT2D eigenvalue weighted by Crippen LogP contribution is -2.40. The van der Waals surface area contributed by atoms with Gasteiger partial charge < -0.3 is 4.90 Å². The van der Waals surface area contributed by atoms with Crippen LogP contribution in [0.15, 0.2) is 42.7 Å². The van der Waals surface area contributed by atoms with Gasteiger partial charge in [-0.15, -0.1) is 0 Å². The van der Waals surface area contributed by atoms with Crippen molar-refractivity contribution >= 4 is 5.91 Å². The highest BCUT2D eigenvalue weighted by Crippen LogP contribution is 2.22. The van der Waals surface area contributed by atoms with E-state index in [1.54, 1.807) is 23.2 Å². The highest BCUT2D eigenvalue weighted by Gasteiger charge is 2.25. The number of hydrogen-bond acceptors (Lipinski definition) is 2. The quantitative estimate of drug-likeness (QED) is 0.843. The number of nitrogens with zero attached hydrogens (tertiary/aromatic N) is 3. The third kappa shape index (κ3) is 2.57. The van der Waals surface area contributed by atoms with Crippen molar-refractivity contribution in [2.75, 3.05) is 13.1 Å². The van der Waals surface area contributed by atoms with Crippen molar-refractivity contribution in [2.24, 2.45) is 0 Å². The first-order valence-electron chi connectivity index (χ1n) is 6.78. The summed E-state index contributed by atoms with van der Waals surface area (Å²) >= 11 is 0. The molecular weight excluding hydrogens is 257 g/mol. The van der Waals surface area contributed by atoms with Crippen LogP contribution in [-0.2, 0) is 0 Å². The maximum atomic E-state index is 13.2. The van der Waals surface area contributed by atoms with Gasteiger partial charge in [0.05, 0.1) is 6.04 Å². The molecule has 1 saturated heterocycles. The van der Waals surface area contributed by atoms with Crippen LogP contribution < -0.4 is 0 Å². The number of aromatic nitrogens is 2. The van der Waals surface area contributed by atoms with Crippen molar-refractivity contribution < 1.29 is 9.18 Å². The maximum Gasteiger partial charge on any atom is 0.254 e. The van der Waals surface area contributed by atoms with Crippen molar-refractivity contribution in [1.82, 2.24) is 14.7 Å². The number of amides is 1. The van der Waals surface area contributed by atoms with E-state index in [-0.39, 0.29) is 17.8 Å². The molecule has 1 aromatic heterocycles. The van der Waals surface area contributed by atoms with E-state index in [2.05, 4.69) is 5.10 Å². The van der Waals surface area contributed by atoms with E-state index in [4.69, 9.17) is 0 Å². The molecule has 0 aliphatic carbocycles. The van der Waals surface area contributed by atoms with Gasteiger partial charge in [-0.1, -0.05) is 6.07 Å². The molecule has 1 fully saturated rings. The van der Waals surface area contributed by atoms with Crippen molar-refractivity contribution in [1.29, 1.82) is 0 Å². The van der Waals surface area contributed by atoms with Gasteiger partial charge in [-0.25, -0.2) is 4.39 Å². The Morgan fingerprint density at radius 1 is 1.35 bits per heavy atom. The van der Waals surface area contributed by atoms with E-state index in [0.717, 1.165) is 12.8 Å². The van der Waals surface area contributed by atoms with Gasteiger partial charge in [-0.3, -0.25) is 9.48 Å². The van der Waals surface area contributed by atoms with Crippen LogP contribution in [0.25, 0.3) is 0 Å². The van der Waals surface area contributed by atoms with Gasteiger partial charge in [0.15, 0.2) is 0 Å². The third-order valence-corrected chi connectivity index (χ3v) is 3.65. The predicted octanol–water partition coefficient (Wildman–Crippen LogP) is 2.50. The van der Waals surface area contributed by atoms with Crippen LogP contribution in [0.2, 0.25) is 0 Å². The van der Waals surface area contributed by atoms with Gasteiger partial charge in [-0.2, -0.15) is 5.10 Å². The number of piperidine rings is 1. The molecule has 4 nitrogen and oxygen atoms in total. The van der Waals surface area contributed by atoms with Crippen LogP contribution in [-0.4, -0.2) is 33.7 Å². The van der Waals surface area contributed by atoms with Crippen molar-refractivity contribution in [3.8, 4) is 0 Å². The topological polar surface area (TPSA) is 38.1 Å². The Morgan fingerprint density at radius 3 is 3.00 bits per heavy atom. The molecule has 0 radical (unpaired) electrons. The van der Waals surface area contributed by atoms with Crippen molar-refractivity contribution in [3.05, 3.63) is 54.1 Å². The molecule has 104 valence electrons. The molecule has 1 unspecified atom stereocenters. The molecule has 1 atom stereocenters. The molecule has 0 saturated carbocycles. The standard InChI is InChI=1S/C15H16FN3O/c16-13-5-1-4-12(10-13)15(20)18-8-2-6-14(11-18)19-9-3-7-17-19/h1,3-5,7,9-10,14H,2,6,8,11H2. The van der Waals surface area contributed by atoms with E-state index in [1.807, 2.05) is 16.9 Å². The molecule has 1 aromatic carbocycles. The molecular formula is C15H16FN3O. The van der Waals surface area contributed by atoms with Crippen LogP contribution in [0.3, 0.4) is 0 Å². The van der Waals surface area contributed by atoms with Gasteiger partial charge >= 0.3 is 0 Å². The van der Waals surface area contributed by atoms with Gasteiger partial charge in [0, 0.05) is 31.0 Å². The summed E-state index contributed by atoms with van der Waals surface area (Å²) in [7, 11) is 0. The van der Waals surface area contributed by atoms with Crippen LogP contribution >= 0.6 is 0 Å². The Kier molecular flexibility index (Phi) is 3.50. The number of hydrogen-bond donors (Lipinski definition) is 0. The van der Waals surface area contributed by atoms with E-state index in [9.17, 15) is 9.18 Å². The van der Waals surface area contributed by atoms with Crippen molar-refractivity contribution in [2.45, 2.75) is 18.9 Å². The lowest BCUT2D eigenvalue weighted by atomic mass is 10.0. The fraction of sp³-hybridized carbons (Fsp3) is 0.333. The van der Waals surface area contributed by atoms with Crippen LogP contribution in [0.4, 0.5) is 4.39 Å². The molecule has 1 aliphatic rings. The van der Waals surface area contributed by atoms with Crippen molar-refractivity contribution in [3.63, 3.8) is 0 Å². The number of carbonyl (C=O) groups excluding carboxylic acids is 1. The molecule has 5 heteroatoms. The van der Waals surface area contributed by atoms with E-state index in [0.29, 0.717) is 18.7 Å². The maximum absolute atomic E-state index is 13.2. The lowest BCUT2D eigenvalue weighted by Gasteiger charge is -2.33. The monoisotopic (exact) mass is 273 g/mol. The number of rotatable bonds is 2. The molecule has 1 amide bonds. The summed E-state index contributed by atoms with van der Waals surface area (Å²) in [5.74, 6) is -0.488. The summed E-state index contributed by atoms with van der Waals surface area (Å²) in [4.78, 5) is 14.2. The van der Waals surface area contributed by atoms with E-state index in [1.165, 1.54) is 12.1 Å². The number of carbonyl (C=O) groups is 1. The summed E-state index contributed by atoms with van der Waals surface area (Å²) in [5.41, 5.74) is 0.408. The fourth-order valence-corrected chi connectivity index (χ4v) is 2.66. The first kappa shape index (κ1) is 12.8. The number of benzene rings is 1. The molecule has 3 rings (SSSR count). The summed E-state index contributed by atoms with van der Waals surface area (Å²) in [6.07, 6.45) is 5.61. The summed E-state index contributed by atoms with van der Waals surface area (Å²) in [6.45, 7) is 1.34. The van der Waals surface area contributed by atoms with Crippen LogP contribution in [0.5, 0.6) is 0 Å². The van der Waals surface area contributed by atoms with Gasteiger partial charge in [0.1, 0.15) is 5.82 Å². The second kappa shape index (κ2) is 5.45. The summed E-state index contributed by atoms with van der Waals surface area (Å²) in [6, 6.07) is 7.95. The van der Waals surface area contributed by atoms with Crippen LogP contribution in [0.1, 0.15) is 29.2 Å². The highest BCUT2D eigenvalue weighted by molar-refractivity contribution is 5.94. The third-order valence-electron chi connectivity index (χ3n) is 3.65. The Balaban J connectivity index is 1.75. The zero-order valence-electron chi connectivity index (χ0n) is 11.1. The number of halogens is 1. The van der Waals surface area contributed by atoms with Crippen LogP contribution in [0, 0.1) is 5.82 Å². The normalized spacial score (nSPS) is 19.1. The molecule has 0 spiro atoms. The Morgan fingerprint density at radius 2 is 2.25 bits per heavy atom. The predicted molar refractivity (Wildman–Crippen MR) is 72.8 cm³/mol. The summed E-state index contributed by atoms with van der Waals surface area (Å²) in [5, 5.41) is 4.24. The largest absolute Gasteiger partial charge is 0.337 e. The Hall–Kier alpha value is -2.17.